The summed E-state index contributed by atoms with van der Waals surface area (Å²) in [5, 5.41) is 14.4. The molecular weight excluding hydrogens is 518 g/mol. The van der Waals surface area contributed by atoms with Gasteiger partial charge in [0, 0.05) is 44.5 Å². The van der Waals surface area contributed by atoms with Crippen LogP contribution in [-0.2, 0) is 31.4 Å². The topological polar surface area (TPSA) is 142 Å². The summed E-state index contributed by atoms with van der Waals surface area (Å²) in [5.41, 5.74) is 0. The molecule has 2 fully saturated rings. The number of morpholine rings is 1. The van der Waals surface area contributed by atoms with Crippen molar-refractivity contribution in [3.8, 4) is 0 Å². The first-order valence-electron chi connectivity index (χ1n) is 9.72. The number of ether oxygens (including phenoxy) is 1. The van der Waals surface area contributed by atoms with Gasteiger partial charge in [-0.25, -0.2) is 23.0 Å². The quantitative estimate of drug-likeness (QED) is 0.538. The highest BCUT2D eigenvalue weighted by Crippen LogP contribution is 2.27. The van der Waals surface area contributed by atoms with Gasteiger partial charge in [0.15, 0.2) is 5.03 Å². The summed E-state index contributed by atoms with van der Waals surface area (Å²) in [4.78, 5) is 24.2. The summed E-state index contributed by atoms with van der Waals surface area (Å²) in [6, 6.07) is 0.635. The Labute approximate surface area is 195 Å². The van der Waals surface area contributed by atoms with E-state index in [1.54, 1.807) is 22.1 Å². The van der Waals surface area contributed by atoms with Gasteiger partial charge in [0.05, 0.1) is 19.5 Å². The second-order valence-corrected chi connectivity index (χ2v) is 9.58. The molecule has 2 bridgehead atoms. The van der Waals surface area contributed by atoms with Gasteiger partial charge < -0.3 is 19.5 Å². The Balaban J connectivity index is 0.000000362. The third-order valence-corrected chi connectivity index (χ3v) is 6.38. The number of hydrogen-bond donors (Lipinski definition) is 2. The zero-order valence-corrected chi connectivity index (χ0v) is 19.4. The van der Waals surface area contributed by atoms with Gasteiger partial charge in [-0.2, -0.15) is 30.6 Å². The number of alkyl halides is 6. The van der Waals surface area contributed by atoms with Crippen LogP contribution >= 0.6 is 0 Å². The van der Waals surface area contributed by atoms with Gasteiger partial charge in [-0.05, 0) is 13.8 Å². The lowest BCUT2D eigenvalue weighted by molar-refractivity contribution is -0.193. The summed E-state index contributed by atoms with van der Waals surface area (Å²) in [6.07, 6.45) is -7.10. The maximum Gasteiger partial charge on any atom is 0.490 e. The third kappa shape index (κ3) is 8.62. The molecule has 0 aromatic carbocycles. The zero-order chi connectivity index (χ0) is 27.4. The number of rotatable bonds is 3. The van der Waals surface area contributed by atoms with Crippen LogP contribution in [0.2, 0.25) is 0 Å². The van der Waals surface area contributed by atoms with Crippen molar-refractivity contribution < 1.29 is 59.3 Å². The monoisotopic (exact) mass is 542 g/mol. The fraction of sp³-hybridized carbons (Fsp3) is 0.706. The molecule has 0 amide bonds. The van der Waals surface area contributed by atoms with Crippen molar-refractivity contribution in [2.24, 2.45) is 7.05 Å². The molecule has 11 nitrogen and oxygen atoms in total. The van der Waals surface area contributed by atoms with Gasteiger partial charge in [0.1, 0.15) is 0 Å². The second-order valence-electron chi connectivity index (χ2n) is 7.69. The van der Waals surface area contributed by atoms with Crippen LogP contribution in [0.4, 0.5) is 26.3 Å². The minimum Gasteiger partial charge on any atom is -0.475 e. The summed E-state index contributed by atoms with van der Waals surface area (Å²) >= 11 is 0. The SMILES string of the molecule is CC(C)N1C2COCC1CN(S(=O)(=O)c1cn(C)cn1)C2.O=C(O)C(F)(F)F.O=C(O)C(F)(F)F. The number of carboxylic acids is 2. The molecule has 35 heavy (non-hydrogen) atoms. The normalized spacial score (nSPS) is 21.4. The number of aromatic nitrogens is 2. The van der Waals surface area contributed by atoms with Crippen molar-refractivity contribution in [3.63, 3.8) is 0 Å². The molecule has 202 valence electrons. The maximum atomic E-state index is 12.7. The van der Waals surface area contributed by atoms with E-state index < -0.39 is 34.3 Å². The first-order chi connectivity index (χ1) is 15.8. The molecule has 2 aliphatic rings. The minimum absolute atomic E-state index is 0.121. The molecule has 2 saturated heterocycles. The van der Waals surface area contributed by atoms with Crippen LogP contribution in [0, 0.1) is 0 Å². The molecule has 18 heteroatoms. The number of carboxylic acid groups (broad SMARTS) is 2. The number of halogens is 6. The van der Waals surface area contributed by atoms with E-state index in [1.165, 1.54) is 6.33 Å². The predicted octanol–water partition coefficient (Wildman–Crippen LogP) is 1.17. The van der Waals surface area contributed by atoms with Crippen LogP contribution in [-0.4, -0.2) is 106 Å². The number of aryl methyl sites for hydroxylation is 1. The molecule has 1 aromatic rings. The van der Waals surface area contributed by atoms with E-state index in [0.717, 1.165) is 0 Å². The van der Waals surface area contributed by atoms with E-state index in [0.29, 0.717) is 32.3 Å². The smallest absolute Gasteiger partial charge is 0.475 e. The zero-order valence-electron chi connectivity index (χ0n) is 18.6. The van der Waals surface area contributed by atoms with Crippen molar-refractivity contribution in [3.05, 3.63) is 12.5 Å². The van der Waals surface area contributed by atoms with E-state index in [-0.39, 0.29) is 17.1 Å². The number of hydrogen-bond acceptors (Lipinski definition) is 7. The highest BCUT2D eigenvalue weighted by molar-refractivity contribution is 7.89. The van der Waals surface area contributed by atoms with Crippen LogP contribution in [0.25, 0.3) is 0 Å². The van der Waals surface area contributed by atoms with Crippen LogP contribution in [0.15, 0.2) is 17.6 Å². The Bertz CT molecular complexity index is 942. The summed E-state index contributed by atoms with van der Waals surface area (Å²) in [7, 11) is -1.74. The largest absolute Gasteiger partial charge is 0.490 e. The molecule has 3 rings (SSSR count). The second kappa shape index (κ2) is 11.5. The number of nitrogens with zero attached hydrogens (tertiary/aromatic N) is 4. The highest BCUT2D eigenvalue weighted by atomic mass is 32.2. The lowest BCUT2D eigenvalue weighted by atomic mass is 10.0. The van der Waals surface area contributed by atoms with Crippen LogP contribution in [0.5, 0.6) is 0 Å². The van der Waals surface area contributed by atoms with Crippen molar-refractivity contribution in [1.29, 1.82) is 0 Å². The Morgan fingerprint density at radius 2 is 1.43 bits per heavy atom. The van der Waals surface area contributed by atoms with Gasteiger partial charge >= 0.3 is 24.3 Å². The molecule has 2 aliphatic heterocycles. The van der Waals surface area contributed by atoms with Gasteiger partial charge in [0.25, 0.3) is 10.0 Å². The number of imidazole rings is 1. The molecule has 0 radical (unpaired) electrons. The summed E-state index contributed by atoms with van der Waals surface area (Å²) < 4.78 is 97.7. The Morgan fingerprint density at radius 1 is 1.03 bits per heavy atom. The van der Waals surface area contributed by atoms with Crippen LogP contribution in [0.1, 0.15) is 13.8 Å². The van der Waals surface area contributed by atoms with E-state index in [4.69, 9.17) is 24.5 Å². The van der Waals surface area contributed by atoms with E-state index in [2.05, 4.69) is 23.7 Å². The molecule has 0 saturated carbocycles. The number of piperazine rings is 1. The Kier molecular flexibility index (Phi) is 10.1. The average molecular weight is 542 g/mol. The molecule has 0 aliphatic carbocycles. The molecule has 2 N–H and O–H groups in total. The van der Waals surface area contributed by atoms with Crippen molar-refractivity contribution in [1.82, 2.24) is 18.8 Å². The maximum absolute atomic E-state index is 12.7. The van der Waals surface area contributed by atoms with Crippen LogP contribution in [0.3, 0.4) is 0 Å². The Hall–Kier alpha value is -2.44. The third-order valence-electron chi connectivity index (χ3n) is 4.66. The number of fused-ring (bicyclic) bond motifs is 2. The lowest BCUT2D eigenvalue weighted by Gasteiger charge is -2.50. The molecule has 2 unspecified atom stereocenters. The van der Waals surface area contributed by atoms with E-state index in [9.17, 15) is 34.8 Å². The molecule has 2 atom stereocenters. The first-order valence-corrected chi connectivity index (χ1v) is 11.2. The Morgan fingerprint density at radius 3 is 1.71 bits per heavy atom. The van der Waals surface area contributed by atoms with E-state index >= 15 is 0 Å². The standard InChI is InChI=1S/C13H22N4O3S.2C2HF3O2/c1-10(2)17-11-4-16(5-12(17)8-20-7-11)21(18,19)13-6-15(3)9-14-13;2*3-2(4,5)1(6)7/h6,9-12H,4-5,7-8H2,1-3H3;2*(H,6,7). The lowest BCUT2D eigenvalue weighted by Crippen LogP contribution is -2.66. The van der Waals surface area contributed by atoms with Crippen molar-refractivity contribution >= 4 is 22.0 Å². The van der Waals surface area contributed by atoms with E-state index in [1.807, 2.05) is 0 Å². The first kappa shape index (κ1) is 30.6. The predicted molar refractivity (Wildman–Crippen MR) is 105 cm³/mol. The fourth-order valence-corrected chi connectivity index (χ4v) is 4.82. The minimum atomic E-state index is -5.08. The molecule has 1 aromatic heterocycles. The van der Waals surface area contributed by atoms with Gasteiger partial charge in [0.2, 0.25) is 0 Å². The highest BCUT2D eigenvalue weighted by Gasteiger charge is 2.44. The van der Waals surface area contributed by atoms with Crippen molar-refractivity contribution in [2.75, 3.05) is 26.3 Å². The summed E-state index contributed by atoms with van der Waals surface area (Å²) in [5.74, 6) is -5.51. The molecule has 0 spiro atoms. The molecular formula is C17H24F6N4O7S. The van der Waals surface area contributed by atoms with Crippen molar-refractivity contribution in [2.45, 2.75) is 49.4 Å². The van der Waals surface area contributed by atoms with Gasteiger partial charge in [-0.15, -0.1) is 0 Å². The number of sulfonamides is 1. The van der Waals surface area contributed by atoms with Gasteiger partial charge in [-0.3, -0.25) is 4.90 Å². The van der Waals surface area contributed by atoms with Gasteiger partial charge in [-0.1, -0.05) is 0 Å². The fourth-order valence-electron chi connectivity index (χ4n) is 3.34. The number of carbonyl (C=O) groups is 2. The molecule has 3 heterocycles. The van der Waals surface area contributed by atoms with Crippen LogP contribution < -0.4 is 0 Å². The summed E-state index contributed by atoms with van der Waals surface area (Å²) in [6.45, 7) is 6.40. The number of aliphatic carboxylic acids is 2. The average Bonchev–Trinajstić information content (AvgIpc) is 3.13.